The van der Waals surface area contributed by atoms with E-state index < -0.39 is 58.5 Å². The molecule has 4 N–H and O–H groups in total. The molecule has 0 aliphatic rings. The van der Waals surface area contributed by atoms with Gasteiger partial charge in [0, 0.05) is 13.5 Å². The van der Waals surface area contributed by atoms with Gasteiger partial charge in [-0.25, -0.2) is 22.4 Å². The van der Waals surface area contributed by atoms with Crippen molar-refractivity contribution in [2.24, 2.45) is 0 Å². The summed E-state index contributed by atoms with van der Waals surface area (Å²) < 4.78 is 54.5. The van der Waals surface area contributed by atoms with Crippen molar-refractivity contribution in [3.8, 4) is 0 Å². The Morgan fingerprint density at radius 3 is 1.91 bits per heavy atom. The Hall–Kier alpha value is -2.20. The van der Waals surface area contributed by atoms with Crippen molar-refractivity contribution in [2.75, 3.05) is 6.54 Å². The van der Waals surface area contributed by atoms with E-state index in [1.54, 1.807) is 0 Å². The number of carbonyl (C=O) groups excluding carboxylic acids is 1. The van der Waals surface area contributed by atoms with Crippen LogP contribution < -0.4 is 5.32 Å². The van der Waals surface area contributed by atoms with Crippen LogP contribution in [0.4, 0.5) is 17.6 Å². The normalized spacial score (nSPS) is 13.5. The van der Waals surface area contributed by atoms with E-state index in [9.17, 15) is 37.4 Å². The van der Waals surface area contributed by atoms with Gasteiger partial charge in [0.05, 0.1) is 11.7 Å². The molecule has 0 heterocycles. The zero-order valence-corrected chi connectivity index (χ0v) is 11.7. The maximum absolute atomic E-state index is 13.7. The van der Waals surface area contributed by atoms with Gasteiger partial charge in [0.15, 0.2) is 23.3 Å². The third kappa shape index (κ3) is 3.96. The summed E-state index contributed by atoms with van der Waals surface area (Å²) in [5.41, 5.74) is -3.37. The second-order valence-corrected chi connectivity index (χ2v) is 4.63. The Balaban J connectivity index is 3.17. The number of aromatic carboxylic acids is 1. The van der Waals surface area contributed by atoms with E-state index in [-0.39, 0.29) is 13.0 Å². The second kappa shape index (κ2) is 7.38. The first-order valence-corrected chi connectivity index (χ1v) is 6.29. The van der Waals surface area contributed by atoms with Crippen LogP contribution in [0.5, 0.6) is 0 Å². The van der Waals surface area contributed by atoms with Crippen LogP contribution in [0, 0.1) is 23.3 Å². The van der Waals surface area contributed by atoms with E-state index in [1.165, 1.54) is 0 Å². The average molecular weight is 339 g/mol. The number of carboxylic acid groups (broad SMARTS) is 1. The molecule has 0 aliphatic heterocycles. The average Bonchev–Trinajstić information content (AvgIpc) is 2.44. The zero-order chi connectivity index (χ0) is 17.9. The molecule has 128 valence electrons. The molecule has 1 aromatic carbocycles. The van der Waals surface area contributed by atoms with Gasteiger partial charge in [0.2, 0.25) is 5.91 Å². The minimum absolute atomic E-state index is 0.172. The minimum Gasteiger partial charge on any atom is -0.477 e. The van der Waals surface area contributed by atoms with Crippen molar-refractivity contribution in [1.29, 1.82) is 0 Å². The molecule has 0 radical (unpaired) electrons. The lowest BCUT2D eigenvalue weighted by Crippen LogP contribution is -2.29. The van der Waals surface area contributed by atoms with Gasteiger partial charge >= 0.3 is 5.97 Å². The van der Waals surface area contributed by atoms with Crippen molar-refractivity contribution in [3.05, 3.63) is 34.4 Å². The van der Waals surface area contributed by atoms with Crippen LogP contribution >= 0.6 is 0 Å². The van der Waals surface area contributed by atoms with Crippen LogP contribution in [0.1, 0.15) is 35.4 Å². The third-order valence-electron chi connectivity index (χ3n) is 2.99. The summed E-state index contributed by atoms with van der Waals surface area (Å²) in [6, 6.07) is 0. The summed E-state index contributed by atoms with van der Waals surface area (Å²) in [5.74, 6) is -11.3. The molecule has 6 nitrogen and oxygen atoms in total. The van der Waals surface area contributed by atoms with Crippen molar-refractivity contribution >= 4 is 11.9 Å². The molecule has 0 aromatic heterocycles. The van der Waals surface area contributed by atoms with E-state index in [0.29, 0.717) is 0 Å². The van der Waals surface area contributed by atoms with E-state index in [2.05, 4.69) is 5.32 Å². The second-order valence-electron chi connectivity index (χ2n) is 4.63. The highest BCUT2D eigenvalue weighted by atomic mass is 19.2. The fourth-order valence-corrected chi connectivity index (χ4v) is 1.84. The highest BCUT2D eigenvalue weighted by Gasteiger charge is 2.34. The number of hydrogen-bond donors (Lipinski definition) is 4. The molecule has 1 aromatic rings. The summed E-state index contributed by atoms with van der Waals surface area (Å²) in [4.78, 5) is 21.2. The van der Waals surface area contributed by atoms with Gasteiger partial charge in [0.1, 0.15) is 11.7 Å². The maximum atomic E-state index is 13.7. The van der Waals surface area contributed by atoms with Gasteiger partial charge in [-0.2, -0.15) is 0 Å². The zero-order valence-electron chi connectivity index (χ0n) is 11.7. The van der Waals surface area contributed by atoms with Gasteiger partial charge in [-0.15, -0.1) is 0 Å². The third-order valence-corrected chi connectivity index (χ3v) is 2.99. The van der Waals surface area contributed by atoms with Crippen LogP contribution in [-0.2, 0) is 4.79 Å². The van der Waals surface area contributed by atoms with E-state index in [1.807, 2.05) is 0 Å². The largest absolute Gasteiger partial charge is 0.477 e. The standard InChI is InChI=1S/C13H13F4NO5/c1-4(19)18-3-2-5(20)12(21)6-8(14)10(16)7(13(22)23)11(17)9(6)15/h5,12,20-21H,2-3H2,1H3,(H,18,19)(H,22,23). The smallest absolute Gasteiger partial charge is 0.341 e. The SMILES string of the molecule is CC(=O)NCCC(O)C(O)c1c(F)c(F)c(C(=O)O)c(F)c1F. The van der Waals surface area contributed by atoms with Gasteiger partial charge in [-0.1, -0.05) is 0 Å². The molecule has 10 heteroatoms. The molecule has 0 spiro atoms. The summed E-state index contributed by atoms with van der Waals surface area (Å²) in [5, 5.41) is 30.0. The Bertz CT molecular complexity index is 608. The first-order chi connectivity index (χ1) is 10.6. The molecule has 1 amide bonds. The Morgan fingerprint density at radius 1 is 1.04 bits per heavy atom. The van der Waals surface area contributed by atoms with Gasteiger partial charge in [-0.05, 0) is 6.42 Å². The van der Waals surface area contributed by atoms with Crippen LogP contribution in [0.15, 0.2) is 0 Å². The van der Waals surface area contributed by atoms with Crippen molar-refractivity contribution in [3.63, 3.8) is 0 Å². The van der Waals surface area contributed by atoms with Crippen LogP contribution in [0.2, 0.25) is 0 Å². The first kappa shape index (κ1) is 18.8. The number of aliphatic hydroxyl groups is 2. The number of nitrogens with one attached hydrogen (secondary N) is 1. The maximum Gasteiger partial charge on any atom is 0.341 e. The summed E-state index contributed by atoms with van der Waals surface area (Å²) >= 11 is 0. The molecule has 0 saturated heterocycles. The lowest BCUT2D eigenvalue weighted by atomic mass is 9.98. The minimum atomic E-state index is -2.37. The number of amides is 1. The lowest BCUT2D eigenvalue weighted by molar-refractivity contribution is -0.119. The number of rotatable bonds is 6. The lowest BCUT2D eigenvalue weighted by Gasteiger charge is -2.20. The predicted molar refractivity (Wildman–Crippen MR) is 67.5 cm³/mol. The molecular formula is C13H13F4NO5. The molecule has 0 fully saturated rings. The van der Waals surface area contributed by atoms with E-state index >= 15 is 0 Å². The Labute approximate surface area is 127 Å². The molecule has 2 atom stereocenters. The number of carbonyl (C=O) groups is 2. The van der Waals surface area contributed by atoms with Crippen molar-refractivity contribution in [1.82, 2.24) is 5.32 Å². The molecule has 0 bridgehead atoms. The number of halogens is 4. The van der Waals surface area contributed by atoms with E-state index in [4.69, 9.17) is 5.11 Å². The highest BCUT2D eigenvalue weighted by Crippen LogP contribution is 2.30. The molecule has 0 saturated carbocycles. The van der Waals surface area contributed by atoms with Crippen molar-refractivity contribution in [2.45, 2.75) is 25.6 Å². The van der Waals surface area contributed by atoms with Crippen LogP contribution in [0.25, 0.3) is 0 Å². The molecule has 0 aliphatic carbocycles. The fraction of sp³-hybridized carbons (Fsp3) is 0.385. The fourth-order valence-electron chi connectivity index (χ4n) is 1.84. The Morgan fingerprint density at radius 2 is 1.52 bits per heavy atom. The molecule has 23 heavy (non-hydrogen) atoms. The Kier molecular flexibility index (Phi) is 6.05. The highest BCUT2D eigenvalue weighted by molar-refractivity contribution is 5.88. The van der Waals surface area contributed by atoms with Gasteiger partial charge in [0.25, 0.3) is 0 Å². The van der Waals surface area contributed by atoms with Gasteiger partial charge < -0.3 is 20.6 Å². The molecule has 1 rings (SSSR count). The molecular weight excluding hydrogens is 326 g/mol. The van der Waals surface area contributed by atoms with Crippen molar-refractivity contribution < 1.29 is 42.5 Å². The predicted octanol–water partition coefficient (Wildman–Crippen LogP) is 0.862. The number of carboxylic acids is 1. The first-order valence-electron chi connectivity index (χ1n) is 6.29. The number of hydrogen-bond acceptors (Lipinski definition) is 4. The van der Waals surface area contributed by atoms with Gasteiger partial charge in [-0.3, -0.25) is 4.79 Å². The summed E-state index contributed by atoms with van der Waals surface area (Å²) in [6.07, 6.45) is -4.60. The quantitative estimate of drug-likeness (QED) is 0.454. The van der Waals surface area contributed by atoms with E-state index in [0.717, 1.165) is 6.92 Å². The topological polar surface area (TPSA) is 107 Å². The summed E-state index contributed by atoms with van der Waals surface area (Å²) in [6.45, 7) is 0.993. The van der Waals surface area contributed by atoms with Crippen LogP contribution in [-0.4, -0.2) is 39.8 Å². The number of benzene rings is 1. The molecule has 2 unspecified atom stereocenters. The summed E-state index contributed by atoms with van der Waals surface area (Å²) in [7, 11) is 0. The van der Waals surface area contributed by atoms with Crippen LogP contribution in [0.3, 0.4) is 0 Å². The number of aliphatic hydroxyl groups excluding tert-OH is 2. The monoisotopic (exact) mass is 339 g/mol.